The summed E-state index contributed by atoms with van der Waals surface area (Å²) in [6.45, 7) is 7.36. The highest BCUT2D eigenvalue weighted by atomic mass is 16.5. The van der Waals surface area contributed by atoms with Crippen LogP contribution in [0.15, 0.2) is 36.5 Å². The Morgan fingerprint density at radius 3 is 2.29 bits per heavy atom. The zero-order valence-electron chi connectivity index (χ0n) is 10.8. The van der Waals surface area contributed by atoms with Gasteiger partial charge in [0.15, 0.2) is 0 Å². The quantitative estimate of drug-likeness (QED) is 0.560. The molecule has 0 bridgehead atoms. The van der Waals surface area contributed by atoms with E-state index >= 15 is 0 Å². The van der Waals surface area contributed by atoms with E-state index in [1.54, 1.807) is 12.3 Å². The lowest BCUT2D eigenvalue weighted by atomic mass is 10.2. The normalized spacial score (nSPS) is 12.0. The summed E-state index contributed by atoms with van der Waals surface area (Å²) in [4.78, 5) is 0. The average molecular weight is 235 g/mol. The van der Waals surface area contributed by atoms with Gasteiger partial charge in [-0.1, -0.05) is 17.7 Å². The van der Waals surface area contributed by atoms with Crippen molar-refractivity contribution < 1.29 is 9.38 Å². The molecule has 17 heavy (non-hydrogen) atoms. The van der Waals surface area contributed by atoms with Crippen molar-refractivity contribution in [2.45, 2.75) is 20.8 Å². The fourth-order valence-electron chi connectivity index (χ4n) is 1.45. The smallest absolute Gasteiger partial charge is 0.119 e. The molecule has 0 radical (unpaired) electrons. The molecule has 1 aromatic carbocycles. The summed E-state index contributed by atoms with van der Waals surface area (Å²) in [5, 5.41) is 11.9. The monoisotopic (exact) mass is 235 g/mol. The molecule has 0 saturated heterocycles. The average Bonchev–Trinajstić information content (AvgIpc) is 2.36. The summed E-state index contributed by atoms with van der Waals surface area (Å²) in [6.07, 6.45) is 3.45. The van der Waals surface area contributed by atoms with Crippen LogP contribution in [0.25, 0.3) is 0 Å². The summed E-state index contributed by atoms with van der Waals surface area (Å²) in [5.41, 5.74) is 1.21. The predicted molar refractivity (Wildman–Crippen MR) is 70.5 cm³/mol. The van der Waals surface area contributed by atoms with Crippen LogP contribution in [0.2, 0.25) is 0 Å². The van der Waals surface area contributed by atoms with Crippen molar-refractivity contribution >= 4 is 0 Å². The topological polar surface area (TPSA) is 32.3 Å². The zero-order chi connectivity index (χ0) is 12.7. The number of nitrogens with zero attached hydrogens (tertiary/aromatic N) is 1. The first-order chi connectivity index (χ1) is 8.09. The van der Waals surface area contributed by atoms with Crippen LogP contribution < -0.4 is 4.74 Å². The third-order valence-electron chi connectivity index (χ3n) is 2.81. The van der Waals surface area contributed by atoms with Gasteiger partial charge in [0.25, 0.3) is 0 Å². The molecule has 1 rings (SSSR count). The van der Waals surface area contributed by atoms with Gasteiger partial charge in [0.05, 0.1) is 19.3 Å². The SMILES string of the molecule is CC[N+]([O-])(/C=C/COc1ccc(C)cc1)CC. The first kappa shape index (κ1) is 13.7. The molecule has 0 amide bonds. The predicted octanol–water partition coefficient (Wildman–Crippen LogP) is 3.24. The van der Waals surface area contributed by atoms with Gasteiger partial charge < -0.3 is 14.6 Å². The van der Waals surface area contributed by atoms with E-state index in [4.69, 9.17) is 4.74 Å². The lowest BCUT2D eigenvalue weighted by Gasteiger charge is -2.36. The molecule has 0 unspecified atom stereocenters. The van der Waals surface area contributed by atoms with Gasteiger partial charge in [0.1, 0.15) is 12.4 Å². The van der Waals surface area contributed by atoms with Crippen molar-refractivity contribution in [1.82, 2.24) is 0 Å². The molecular weight excluding hydrogens is 214 g/mol. The molecular formula is C14H21NO2. The molecule has 0 aromatic heterocycles. The summed E-state index contributed by atoms with van der Waals surface area (Å²) in [6, 6.07) is 7.88. The molecule has 0 aliphatic rings. The molecule has 0 fully saturated rings. The molecule has 0 aliphatic carbocycles. The van der Waals surface area contributed by atoms with Crippen molar-refractivity contribution in [1.29, 1.82) is 0 Å². The number of hydroxylamine groups is 3. The second kappa shape index (κ2) is 6.42. The van der Waals surface area contributed by atoms with Crippen LogP contribution in [0.5, 0.6) is 5.75 Å². The van der Waals surface area contributed by atoms with Gasteiger partial charge in [-0.25, -0.2) is 0 Å². The van der Waals surface area contributed by atoms with Gasteiger partial charge in [0, 0.05) is 6.08 Å². The van der Waals surface area contributed by atoms with Gasteiger partial charge in [-0.2, -0.15) is 0 Å². The minimum absolute atomic E-state index is 0.294. The number of hydrogen-bond donors (Lipinski definition) is 0. The van der Waals surface area contributed by atoms with Crippen molar-refractivity contribution in [2.75, 3.05) is 19.7 Å². The highest BCUT2D eigenvalue weighted by molar-refractivity contribution is 5.26. The minimum atomic E-state index is -0.294. The van der Waals surface area contributed by atoms with E-state index in [1.807, 2.05) is 45.0 Å². The highest BCUT2D eigenvalue weighted by Gasteiger charge is 2.05. The van der Waals surface area contributed by atoms with Crippen molar-refractivity contribution in [3.05, 3.63) is 47.3 Å². The van der Waals surface area contributed by atoms with E-state index in [0.29, 0.717) is 19.7 Å². The van der Waals surface area contributed by atoms with Crippen LogP contribution in [0.3, 0.4) is 0 Å². The number of ether oxygens (including phenoxy) is 1. The molecule has 94 valence electrons. The second-order valence-electron chi connectivity index (χ2n) is 4.09. The zero-order valence-corrected chi connectivity index (χ0v) is 10.8. The largest absolute Gasteiger partial charge is 0.628 e. The Morgan fingerprint density at radius 2 is 1.76 bits per heavy atom. The Bertz CT molecular complexity index is 353. The van der Waals surface area contributed by atoms with Crippen LogP contribution in [-0.2, 0) is 0 Å². The van der Waals surface area contributed by atoms with E-state index in [0.717, 1.165) is 5.75 Å². The van der Waals surface area contributed by atoms with E-state index < -0.39 is 0 Å². The lowest BCUT2D eigenvalue weighted by Crippen LogP contribution is -2.35. The first-order valence-electron chi connectivity index (χ1n) is 6.04. The molecule has 3 heteroatoms. The van der Waals surface area contributed by atoms with E-state index in [9.17, 15) is 5.21 Å². The van der Waals surface area contributed by atoms with Crippen molar-refractivity contribution in [3.8, 4) is 5.75 Å². The van der Waals surface area contributed by atoms with Gasteiger partial charge in [-0.3, -0.25) is 0 Å². The van der Waals surface area contributed by atoms with Crippen molar-refractivity contribution in [2.24, 2.45) is 0 Å². The second-order valence-corrected chi connectivity index (χ2v) is 4.09. The Kier molecular flexibility index (Phi) is 5.19. The molecule has 0 spiro atoms. The third kappa shape index (κ3) is 4.59. The maximum Gasteiger partial charge on any atom is 0.119 e. The maximum atomic E-state index is 11.9. The summed E-state index contributed by atoms with van der Waals surface area (Å²) in [5.74, 6) is 0.831. The molecule has 0 aliphatic heterocycles. The Hall–Kier alpha value is -1.32. The number of hydrogen-bond acceptors (Lipinski definition) is 2. The number of benzene rings is 1. The summed E-state index contributed by atoms with van der Waals surface area (Å²) in [7, 11) is 0. The number of quaternary nitrogens is 1. The van der Waals surface area contributed by atoms with Crippen molar-refractivity contribution in [3.63, 3.8) is 0 Å². The summed E-state index contributed by atoms with van der Waals surface area (Å²) < 4.78 is 5.22. The van der Waals surface area contributed by atoms with Crippen LogP contribution >= 0.6 is 0 Å². The van der Waals surface area contributed by atoms with Gasteiger partial charge in [-0.15, -0.1) is 0 Å². The summed E-state index contributed by atoms with van der Waals surface area (Å²) >= 11 is 0. The Balaban J connectivity index is 2.42. The Morgan fingerprint density at radius 1 is 1.18 bits per heavy atom. The van der Waals surface area contributed by atoms with Crippen LogP contribution in [0, 0.1) is 12.1 Å². The van der Waals surface area contributed by atoms with E-state index in [-0.39, 0.29) is 4.65 Å². The van der Waals surface area contributed by atoms with Gasteiger partial charge >= 0.3 is 0 Å². The molecule has 0 heterocycles. The maximum absolute atomic E-state index is 11.9. The van der Waals surface area contributed by atoms with E-state index in [2.05, 4.69) is 0 Å². The van der Waals surface area contributed by atoms with Gasteiger partial charge in [-0.05, 0) is 32.9 Å². The van der Waals surface area contributed by atoms with Crippen LogP contribution in [0.1, 0.15) is 19.4 Å². The standard InChI is InChI=1S/C14H21NO2/c1-4-15(16,5-2)11-6-12-17-14-9-7-13(3)8-10-14/h6-11H,4-5,12H2,1-3H3/b11-6+. The highest BCUT2D eigenvalue weighted by Crippen LogP contribution is 2.11. The molecule has 0 saturated carbocycles. The molecule has 3 nitrogen and oxygen atoms in total. The fourth-order valence-corrected chi connectivity index (χ4v) is 1.45. The molecule has 0 N–H and O–H groups in total. The number of aryl methyl sites for hydroxylation is 1. The Labute approximate surface area is 103 Å². The fraction of sp³-hybridized carbons (Fsp3) is 0.429. The third-order valence-corrected chi connectivity index (χ3v) is 2.81. The lowest BCUT2D eigenvalue weighted by molar-refractivity contribution is -0.825. The minimum Gasteiger partial charge on any atom is -0.628 e. The van der Waals surface area contributed by atoms with Gasteiger partial charge in [0.2, 0.25) is 0 Å². The number of rotatable bonds is 6. The first-order valence-corrected chi connectivity index (χ1v) is 6.04. The molecule has 1 aromatic rings. The van der Waals surface area contributed by atoms with Crippen LogP contribution in [-0.4, -0.2) is 24.3 Å². The van der Waals surface area contributed by atoms with E-state index in [1.165, 1.54) is 5.56 Å². The molecule has 0 atom stereocenters. The van der Waals surface area contributed by atoms with Crippen LogP contribution in [0.4, 0.5) is 0 Å².